The lowest BCUT2D eigenvalue weighted by atomic mass is 10.1. The molecule has 2 N–H and O–H groups in total. The van der Waals surface area contributed by atoms with Crippen molar-refractivity contribution in [1.82, 2.24) is 4.90 Å². The van der Waals surface area contributed by atoms with Crippen molar-refractivity contribution in [1.29, 1.82) is 0 Å². The minimum absolute atomic E-state index is 0.0320. The third kappa shape index (κ3) is 6.91. The van der Waals surface area contributed by atoms with E-state index < -0.39 is 0 Å². The largest absolute Gasteiger partial charge is 0.491 e. The number of amides is 1. The second-order valence-corrected chi connectivity index (χ2v) is 9.13. The zero-order chi connectivity index (χ0) is 26.2. The van der Waals surface area contributed by atoms with Crippen LogP contribution in [-0.4, -0.2) is 43.1 Å². The predicted octanol–water partition coefficient (Wildman–Crippen LogP) is 5.39. The van der Waals surface area contributed by atoms with E-state index in [1.165, 1.54) is 7.11 Å². The molecule has 0 spiro atoms. The maximum absolute atomic E-state index is 13.1. The molecule has 0 aliphatic carbocycles. The van der Waals surface area contributed by atoms with E-state index in [9.17, 15) is 9.59 Å². The molecule has 3 aromatic rings. The molecule has 1 saturated heterocycles. The van der Waals surface area contributed by atoms with Crippen molar-refractivity contribution >= 4 is 23.3 Å². The smallest absolute Gasteiger partial charge is 0.337 e. The third-order valence-corrected chi connectivity index (χ3v) is 6.45. The number of hydrogen-bond donors (Lipinski definition) is 2. The lowest BCUT2D eigenvalue weighted by Crippen LogP contribution is -2.39. The molecule has 1 atom stereocenters. The molecule has 192 valence electrons. The van der Waals surface area contributed by atoms with Gasteiger partial charge in [0.05, 0.1) is 25.1 Å². The fraction of sp³-hybridized carbons (Fsp3) is 0.267. The molecule has 0 saturated carbocycles. The number of likely N-dealkylation sites (tertiary alicyclic amines) is 1. The second-order valence-electron chi connectivity index (χ2n) is 9.13. The lowest BCUT2D eigenvalue weighted by Gasteiger charge is -2.25. The molecule has 37 heavy (non-hydrogen) atoms. The first-order valence-corrected chi connectivity index (χ1v) is 12.4. The Morgan fingerprint density at radius 2 is 1.73 bits per heavy atom. The van der Waals surface area contributed by atoms with Crippen LogP contribution >= 0.6 is 0 Å². The van der Waals surface area contributed by atoms with Crippen molar-refractivity contribution in [2.24, 2.45) is 0 Å². The van der Waals surface area contributed by atoms with Gasteiger partial charge in [-0.05, 0) is 73.4 Å². The van der Waals surface area contributed by atoms with E-state index in [0.29, 0.717) is 30.2 Å². The third-order valence-electron chi connectivity index (χ3n) is 6.45. The maximum atomic E-state index is 13.1. The Labute approximate surface area is 218 Å². The van der Waals surface area contributed by atoms with Gasteiger partial charge < -0.3 is 25.0 Å². The van der Waals surface area contributed by atoms with Crippen LogP contribution in [0, 0.1) is 6.92 Å². The van der Waals surface area contributed by atoms with Crippen LogP contribution in [0.25, 0.3) is 0 Å². The van der Waals surface area contributed by atoms with Crippen molar-refractivity contribution in [3.8, 4) is 5.75 Å². The fourth-order valence-electron chi connectivity index (χ4n) is 4.40. The fourth-order valence-corrected chi connectivity index (χ4v) is 4.40. The number of methoxy groups -OCH3 is 1. The van der Waals surface area contributed by atoms with E-state index in [2.05, 4.69) is 17.2 Å². The standard InChI is InChI=1S/C30H33N3O4/c1-21-7-4-5-9-28(21)32-22(2)31-25-14-10-23(11-15-25)19-29(34)33-18-6-8-26(33)20-37-27-16-12-24(13-17-27)30(35)36-3/h4-5,7,9-17,26,31-32H,2,6,8,18-20H2,1,3H3. The van der Waals surface area contributed by atoms with Crippen LogP contribution < -0.4 is 15.4 Å². The summed E-state index contributed by atoms with van der Waals surface area (Å²) in [5, 5.41) is 6.55. The van der Waals surface area contributed by atoms with Crippen molar-refractivity contribution in [2.75, 3.05) is 30.9 Å². The van der Waals surface area contributed by atoms with Crippen molar-refractivity contribution < 1.29 is 19.1 Å². The van der Waals surface area contributed by atoms with Crippen molar-refractivity contribution in [2.45, 2.75) is 32.2 Å². The molecular weight excluding hydrogens is 466 g/mol. The summed E-state index contributed by atoms with van der Waals surface area (Å²) in [4.78, 5) is 26.6. The number of carbonyl (C=O) groups excluding carboxylic acids is 2. The highest BCUT2D eigenvalue weighted by Crippen LogP contribution is 2.22. The number of rotatable bonds is 10. The highest BCUT2D eigenvalue weighted by Gasteiger charge is 2.29. The van der Waals surface area contributed by atoms with Crippen LogP contribution in [0.3, 0.4) is 0 Å². The van der Waals surface area contributed by atoms with E-state index in [0.717, 1.165) is 41.9 Å². The van der Waals surface area contributed by atoms with Gasteiger partial charge in [-0.3, -0.25) is 4.79 Å². The Bertz CT molecular complexity index is 1240. The summed E-state index contributed by atoms with van der Waals surface area (Å²) in [6, 6.07) is 22.7. The van der Waals surface area contributed by atoms with E-state index >= 15 is 0 Å². The Balaban J connectivity index is 1.27. The first kappa shape index (κ1) is 25.8. The summed E-state index contributed by atoms with van der Waals surface area (Å²) in [5.41, 5.74) is 4.47. The Kier molecular flexibility index (Phi) is 8.46. The summed E-state index contributed by atoms with van der Waals surface area (Å²) in [7, 11) is 1.35. The topological polar surface area (TPSA) is 79.9 Å². The average Bonchev–Trinajstić information content (AvgIpc) is 3.39. The Morgan fingerprint density at radius 1 is 1.00 bits per heavy atom. The molecular formula is C30H33N3O4. The van der Waals surface area contributed by atoms with Gasteiger partial charge in [-0.15, -0.1) is 0 Å². The summed E-state index contributed by atoms with van der Waals surface area (Å²) in [5.74, 6) is 1.05. The van der Waals surface area contributed by atoms with E-state index in [-0.39, 0.29) is 17.9 Å². The Hall–Kier alpha value is -4.26. The molecule has 1 unspecified atom stereocenters. The highest BCUT2D eigenvalue weighted by atomic mass is 16.5. The number of nitrogens with one attached hydrogen (secondary N) is 2. The van der Waals surface area contributed by atoms with E-state index in [4.69, 9.17) is 9.47 Å². The van der Waals surface area contributed by atoms with Crippen LogP contribution in [0.2, 0.25) is 0 Å². The van der Waals surface area contributed by atoms with Gasteiger partial charge in [0.1, 0.15) is 18.2 Å². The van der Waals surface area contributed by atoms with Gasteiger partial charge in [-0.2, -0.15) is 0 Å². The Morgan fingerprint density at radius 3 is 2.43 bits per heavy atom. The minimum atomic E-state index is -0.383. The number of nitrogens with zero attached hydrogens (tertiary/aromatic N) is 1. The maximum Gasteiger partial charge on any atom is 0.337 e. The van der Waals surface area contributed by atoms with Crippen LogP contribution in [0.15, 0.2) is 85.2 Å². The van der Waals surface area contributed by atoms with Crippen molar-refractivity contribution in [3.63, 3.8) is 0 Å². The van der Waals surface area contributed by atoms with Gasteiger partial charge in [0.25, 0.3) is 0 Å². The molecule has 7 heteroatoms. The minimum Gasteiger partial charge on any atom is -0.491 e. The van der Waals surface area contributed by atoms with Crippen LogP contribution in [0.1, 0.15) is 34.3 Å². The SMILES string of the molecule is C=C(Nc1ccc(CC(=O)N2CCCC2COc2ccc(C(=O)OC)cc2)cc1)Nc1ccccc1C. The number of esters is 1. The van der Waals surface area contributed by atoms with E-state index in [1.54, 1.807) is 24.3 Å². The highest BCUT2D eigenvalue weighted by molar-refractivity contribution is 5.89. The van der Waals surface area contributed by atoms with Crippen LogP contribution in [-0.2, 0) is 16.0 Å². The zero-order valence-electron chi connectivity index (χ0n) is 21.3. The number of anilines is 2. The molecule has 0 radical (unpaired) electrons. The first-order chi connectivity index (χ1) is 17.9. The summed E-state index contributed by atoms with van der Waals surface area (Å²) in [6.45, 7) is 7.25. The van der Waals surface area contributed by atoms with Gasteiger partial charge in [0.15, 0.2) is 0 Å². The number of hydrogen-bond acceptors (Lipinski definition) is 6. The summed E-state index contributed by atoms with van der Waals surface area (Å²) in [6.07, 6.45) is 2.21. The second kappa shape index (κ2) is 12.1. The molecule has 4 rings (SSSR count). The molecule has 1 aliphatic heterocycles. The molecule has 1 aliphatic rings. The van der Waals surface area contributed by atoms with Gasteiger partial charge in [0.2, 0.25) is 5.91 Å². The molecule has 3 aromatic carbocycles. The monoisotopic (exact) mass is 499 g/mol. The lowest BCUT2D eigenvalue weighted by molar-refractivity contribution is -0.131. The molecule has 0 aromatic heterocycles. The van der Waals surface area contributed by atoms with E-state index in [1.807, 2.05) is 60.4 Å². The normalized spacial score (nSPS) is 14.6. The first-order valence-electron chi connectivity index (χ1n) is 12.4. The number of ether oxygens (including phenoxy) is 2. The van der Waals surface area contributed by atoms with Crippen LogP contribution in [0.4, 0.5) is 11.4 Å². The molecule has 1 fully saturated rings. The molecule has 1 heterocycles. The average molecular weight is 500 g/mol. The number of benzene rings is 3. The predicted molar refractivity (Wildman–Crippen MR) is 146 cm³/mol. The van der Waals surface area contributed by atoms with Crippen molar-refractivity contribution in [3.05, 3.63) is 102 Å². The number of aryl methyl sites for hydroxylation is 1. The van der Waals surface area contributed by atoms with Gasteiger partial charge >= 0.3 is 5.97 Å². The number of para-hydroxylation sites is 1. The van der Waals surface area contributed by atoms with Crippen LogP contribution in [0.5, 0.6) is 5.75 Å². The quantitative estimate of drug-likeness (QED) is 0.364. The van der Waals surface area contributed by atoms with Gasteiger partial charge in [-0.25, -0.2) is 4.79 Å². The summed E-state index contributed by atoms with van der Waals surface area (Å²) >= 11 is 0. The summed E-state index contributed by atoms with van der Waals surface area (Å²) < 4.78 is 10.6. The molecule has 0 bridgehead atoms. The van der Waals surface area contributed by atoms with Gasteiger partial charge in [-0.1, -0.05) is 36.9 Å². The molecule has 1 amide bonds. The van der Waals surface area contributed by atoms with Gasteiger partial charge in [0, 0.05) is 17.9 Å². The molecule has 7 nitrogen and oxygen atoms in total. The zero-order valence-corrected chi connectivity index (χ0v) is 21.3. The number of carbonyl (C=O) groups is 2.